The zero-order valence-electron chi connectivity index (χ0n) is 29.9. The van der Waals surface area contributed by atoms with Gasteiger partial charge in [0, 0.05) is 12.1 Å². The van der Waals surface area contributed by atoms with Crippen LogP contribution in [0.25, 0.3) is 0 Å². The van der Waals surface area contributed by atoms with Crippen molar-refractivity contribution in [3.8, 4) is 0 Å². The number of isocyanates is 2. The number of nitrogens with zero attached hydrogens (tertiary/aromatic N) is 2. The molecule has 0 saturated heterocycles. The van der Waals surface area contributed by atoms with Crippen LogP contribution in [-0.4, -0.2) is 87.9 Å². The Balaban J connectivity index is 1.34. The van der Waals surface area contributed by atoms with Crippen LogP contribution in [0.1, 0.15) is 101 Å². The van der Waals surface area contributed by atoms with Crippen molar-refractivity contribution in [2.45, 2.75) is 92.2 Å². The van der Waals surface area contributed by atoms with Crippen LogP contribution in [0.4, 0.5) is 9.59 Å². The average molecular weight is 699 g/mol. The van der Waals surface area contributed by atoms with Gasteiger partial charge in [0.05, 0.1) is 24.2 Å². The SMILES string of the molecule is CC1(C)CC(NC(=O)OCCOC(=O)c2ccc(C(=O)OCCOC(=O)NC3CC(C)(C)CC(C)(CN=C=O)C3)cc2)CC(C)(CN=C=O)C1. The Morgan fingerprint density at radius 3 is 1.30 bits per heavy atom. The molecule has 50 heavy (non-hydrogen) atoms. The highest BCUT2D eigenvalue weighted by Gasteiger charge is 2.43. The number of aliphatic imine (C=N–C) groups is 2. The summed E-state index contributed by atoms with van der Waals surface area (Å²) in [6.45, 7) is 12.5. The van der Waals surface area contributed by atoms with Gasteiger partial charge in [0.1, 0.15) is 26.4 Å². The molecule has 274 valence electrons. The lowest BCUT2D eigenvalue weighted by molar-refractivity contribution is 0.0369. The largest absolute Gasteiger partial charge is 0.458 e. The summed E-state index contributed by atoms with van der Waals surface area (Å²) in [5, 5.41) is 5.74. The Kier molecular flexibility index (Phi) is 13.9. The Bertz CT molecular complexity index is 1360. The topological polar surface area (TPSA) is 188 Å². The molecule has 0 aromatic heterocycles. The lowest BCUT2D eigenvalue weighted by Gasteiger charge is -2.45. The number of rotatable bonds is 14. The van der Waals surface area contributed by atoms with Gasteiger partial charge in [-0.15, -0.1) is 0 Å². The lowest BCUT2D eigenvalue weighted by Crippen LogP contribution is -2.48. The van der Waals surface area contributed by atoms with E-state index >= 15 is 0 Å². The third-order valence-electron chi connectivity index (χ3n) is 9.04. The van der Waals surface area contributed by atoms with Gasteiger partial charge in [-0.3, -0.25) is 0 Å². The van der Waals surface area contributed by atoms with Gasteiger partial charge in [0.2, 0.25) is 12.2 Å². The van der Waals surface area contributed by atoms with Crippen molar-refractivity contribution in [1.82, 2.24) is 10.6 Å². The zero-order valence-corrected chi connectivity index (χ0v) is 29.9. The number of alkyl carbamates (subject to hydrolysis) is 2. The monoisotopic (exact) mass is 698 g/mol. The fourth-order valence-corrected chi connectivity index (χ4v) is 8.02. The van der Waals surface area contributed by atoms with Crippen LogP contribution in [0.15, 0.2) is 34.3 Å². The first-order valence-corrected chi connectivity index (χ1v) is 16.8. The zero-order chi connectivity index (χ0) is 37.0. The number of hydrogen-bond donors (Lipinski definition) is 2. The van der Waals surface area contributed by atoms with E-state index in [1.807, 2.05) is 13.8 Å². The molecule has 2 amide bonds. The summed E-state index contributed by atoms with van der Waals surface area (Å²) in [5.74, 6) is -1.32. The van der Waals surface area contributed by atoms with E-state index in [4.69, 9.17) is 18.9 Å². The number of nitrogens with one attached hydrogen (secondary N) is 2. The van der Waals surface area contributed by atoms with Crippen LogP contribution in [0.3, 0.4) is 0 Å². The van der Waals surface area contributed by atoms with E-state index in [2.05, 4.69) is 48.3 Å². The van der Waals surface area contributed by atoms with Crippen LogP contribution in [0, 0.1) is 21.7 Å². The van der Waals surface area contributed by atoms with Gasteiger partial charge in [-0.25, -0.2) is 38.8 Å². The molecule has 14 heteroatoms. The fourth-order valence-electron chi connectivity index (χ4n) is 8.02. The highest BCUT2D eigenvalue weighted by Crippen LogP contribution is 2.47. The van der Waals surface area contributed by atoms with Gasteiger partial charge < -0.3 is 29.6 Å². The standard InChI is InChI=1S/C36H50N4O10/c1-33(2)15-27(17-35(5,19-33)21-37-23-41)39-31(45)49-13-11-47-29(43)25-7-9-26(10-8-25)30(44)48-12-14-50-32(46)40-28-16-34(3,4)20-36(6,18-28)22-38-24-42/h7-10,27-28H,11-22H2,1-6H3,(H,39,45)(H,40,46). The highest BCUT2D eigenvalue weighted by molar-refractivity contribution is 5.93. The maximum absolute atomic E-state index is 12.4. The molecule has 1 aromatic carbocycles. The van der Waals surface area contributed by atoms with Crippen molar-refractivity contribution >= 4 is 36.3 Å². The molecule has 2 saturated carbocycles. The Morgan fingerprint density at radius 1 is 0.620 bits per heavy atom. The van der Waals surface area contributed by atoms with Crippen LogP contribution >= 0.6 is 0 Å². The summed E-state index contributed by atoms with van der Waals surface area (Å²) in [5.41, 5.74) is -0.258. The maximum Gasteiger partial charge on any atom is 0.407 e. The number of esters is 2. The molecule has 3 rings (SSSR count). The molecule has 0 radical (unpaired) electrons. The average Bonchev–Trinajstić information content (AvgIpc) is 3.01. The predicted octanol–water partition coefficient (Wildman–Crippen LogP) is 5.29. The van der Waals surface area contributed by atoms with Gasteiger partial charge in [0.25, 0.3) is 0 Å². The number of hydrogen-bond acceptors (Lipinski definition) is 12. The van der Waals surface area contributed by atoms with Crippen molar-refractivity contribution < 1.29 is 47.7 Å². The molecule has 2 aliphatic carbocycles. The van der Waals surface area contributed by atoms with Crippen LogP contribution in [0.2, 0.25) is 0 Å². The predicted molar refractivity (Wildman–Crippen MR) is 181 cm³/mol. The number of ether oxygens (including phenoxy) is 4. The normalized spacial score (nSPS) is 25.0. The van der Waals surface area contributed by atoms with Crippen LogP contribution in [0.5, 0.6) is 0 Å². The third kappa shape index (κ3) is 13.1. The van der Waals surface area contributed by atoms with Gasteiger partial charge in [0.15, 0.2) is 0 Å². The first-order valence-electron chi connectivity index (χ1n) is 16.8. The third-order valence-corrected chi connectivity index (χ3v) is 9.04. The van der Waals surface area contributed by atoms with Gasteiger partial charge in [-0.1, -0.05) is 41.5 Å². The van der Waals surface area contributed by atoms with E-state index in [0.29, 0.717) is 25.9 Å². The molecule has 4 atom stereocenters. The smallest absolute Gasteiger partial charge is 0.407 e. The van der Waals surface area contributed by atoms with Crippen LogP contribution in [-0.2, 0) is 28.5 Å². The Labute approximate surface area is 293 Å². The van der Waals surface area contributed by atoms with Crippen molar-refractivity contribution in [3.05, 3.63) is 35.4 Å². The second-order valence-electron chi connectivity index (χ2n) is 15.7. The molecule has 0 bridgehead atoms. The molecular formula is C36H50N4O10. The summed E-state index contributed by atoms with van der Waals surface area (Å²) < 4.78 is 20.8. The van der Waals surface area contributed by atoms with E-state index in [1.165, 1.54) is 24.3 Å². The minimum atomic E-state index is -0.660. The molecule has 2 N–H and O–H groups in total. The Morgan fingerprint density at radius 2 is 0.960 bits per heavy atom. The van der Waals surface area contributed by atoms with Crippen molar-refractivity contribution in [2.75, 3.05) is 39.5 Å². The molecule has 1 aromatic rings. The minimum absolute atomic E-state index is 0.0648. The second kappa shape index (κ2) is 17.4. The van der Waals surface area contributed by atoms with Gasteiger partial charge >= 0.3 is 24.1 Å². The van der Waals surface area contributed by atoms with E-state index in [0.717, 1.165) is 25.7 Å². The Hall–Kier alpha value is -4.54. The van der Waals surface area contributed by atoms with Gasteiger partial charge in [-0.05, 0) is 84.5 Å². The first kappa shape index (κ1) is 39.9. The van der Waals surface area contributed by atoms with Crippen molar-refractivity contribution in [3.63, 3.8) is 0 Å². The first-order chi connectivity index (χ1) is 23.5. The fraction of sp³-hybridized carbons (Fsp3) is 0.667. The summed E-state index contributed by atoms with van der Waals surface area (Å²) in [7, 11) is 0. The molecule has 0 heterocycles. The molecule has 14 nitrogen and oxygen atoms in total. The quantitative estimate of drug-likeness (QED) is 0.0849. The number of benzene rings is 1. The van der Waals surface area contributed by atoms with E-state index < -0.39 is 24.1 Å². The van der Waals surface area contributed by atoms with Gasteiger partial charge in [-0.2, -0.15) is 0 Å². The van der Waals surface area contributed by atoms with Crippen molar-refractivity contribution in [2.24, 2.45) is 31.6 Å². The molecule has 2 fully saturated rings. The van der Waals surface area contributed by atoms with E-state index in [-0.39, 0.29) is 71.3 Å². The summed E-state index contributed by atoms with van der Waals surface area (Å²) in [6.07, 6.45) is 6.41. The number of carbonyl (C=O) groups excluding carboxylic acids is 6. The van der Waals surface area contributed by atoms with E-state index in [1.54, 1.807) is 12.2 Å². The number of carbonyl (C=O) groups is 4. The maximum atomic E-state index is 12.4. The molecule has 0 aliphatic heterocycles. The second-order valence-corrected chi connectivity index (χ2v) is 15.7. The molecule has 4 unspecified atom stereocenters. The summed E-state index contributed by atoms with van der Waals surface area (Å²) in [4.78, 5) is 78.5. The molecular weight excluding hydrogens is 648 g/mol. The van der Waals surface area contributed by atoms with Crippen LogP contribution < -0.4 is 10.6 Å². The lowest BCUT2D eigenvalue weighted by atomic mass is 9.62. The minimum Gasteiger partial charge on any atom is -0.458 e. The molecule has 0 spiro atoms. The van der Waals surface area contributed by atoms with Crippen molar-refractivity contribution in [1.29, 1.82) is 0 Å². The van der Waals surface area contributed by atoms with E-state index in [9.17, 15) is 28.8 Å². The number of amides is 2. The highest BCUT2D eigenvalue weighted by atomic mass is 16.6. The summed E-state index contributed by atoms with van der Waals surface area (Å²) in [6, 6.07) is 5.32. The molecule has 2 aliphatic rings. The summed E-state index contributed by atoms with van der Waals surface area (Å²) >= 11 is 0.